The van der Waals surface area contributed by atoms with Crippen LogP contribution in [0.5, 0.6) is 0 Å². The third-order valence-electron chi connectivity index (χ3n) is 3.84. The van der Waals surface area contributed by atoms with Gasteiger partial charge in [-0.25, -0.2) is 0 Å². The summed E-state index contributed by atoms with van der Waals surface area (Å²) in [6.45, 7) is 4.94. The average molecular weight is 325 g/mol. The van der Waals surface area contributed by atoms with Gasteiger partial charge in [0.05, 0.1) is 11.6 Å². The Balaban J connectivity index is 2.00. The summed E-state index contributed by atoms with van der Waals surface area (Å²) >= 11 is 3.42. The first-order valence-electron chi connectivity index (χ1n) is 6.83. The molecule has 1 aromatic carbocycles. The highest BCUT2D eigenvalue weighted by atomic mass is 79.9. The van der Waals surface area contributed by atoms with Crippen LogP contribution in [0.2, 0.25) is 0 Å². The second-order valence-electron chi connectivity index (χ2n) is 5.46. The molecule has 0 aromatic heterocycles. The van der Waals surface area contributed by atoms with Crippen LogP contribution in [0.4, 0.5) is 0 Å². The summed E-state index contributed by atoms with van der Waals surface area (Å²) in [4.78, 5) is 12.4. The van der Waals surface area contributed by atoms with E-state index in [4.69, 9.17) is 0 Å². The number of benzene rings is 1. The Morgan fingerprint density at radius 3 is 2.63 bits per heavy atom. The molecular formula is C15H21BrN2O. The molecule has 1 heterocycles. The number of hydrogen-bond donors (Lipinski definition) is 2. The van der Waals surface area contributed by atoms with Crippen molar-refractivity contribution in [1.29, 1.82) is 0 Å². The van der Waals surface area contributed by atoms with Gasteiger partial charge in [0.25, 0.3) is 0 Å². The van der Waals surface area contributed by atoms with Crippen LogP contribution in [0.3, 0.4) is 0 Å². The number of amides is 1. The highest BCUT2D eigenvalue weighted by molar-refractivity contribution is 9.10. The van der Waals surface area contributed by atoms with E-state index in [9.17, 15) is 4.79 Å². The summed E-state index contributed by atoms with van der Waals surface area (Å²) in [5, 5.41) is 6.45. The third-order valence-corrected chi connectivity index (χ3v) is 4.37. The van der Waals surface area contributed by atoms with Gasteiger partial charge in [-0.2, -0.15) is 0 Å². The van der Waals surface area contributed by atoms with Gasteiger partial charge in [-0.05, 0) is 57.4 Å². The highest BCUT2D eigenvalue weighted by Crippen LogP contribution is 2.21. The smallest absolute Gasteiger partial charge is 0.240 e. The fraction of sp³-hybridized carbons (Fsp3) is 0.533. The first-order chi connectivity index (χ1) is 9.01. The fourth-order valence-corrected chi connectivity index (χ4v) is 2.71. The van der Waals surface area contributed by atoms with Crippen LogP contribution in [0, 0.1) is 0 Å². The van der Waals surface area contributed by atoms with E-state index >= 15 is 0 Å². The molecule has 2 N–H and O–H groups in total. The Bertz CT molecular complexity index is 438. The number of rotatable bonds is 3. The van der Waals surface area contributed by atoms with Crippen molar-refractivity contribution in [2.75, 3.05) is 6.54 Å². The molecule has 1 aliphatic heterocycles. The van der Waals surface area contributed by atoms with E-state index in [0.29, 0.717) is 0 Å². The van der Waals surface area contributed by atoms with Gasteiger partial charge in [-0.15, -0.1) is 0 Å². The maximum atomic E-state index is 12.4. The van der Waals surface area contributed by atoms with Gasteiger partial charge in [-0.1, -0.05) is 28.1 Å². The topological polar surface area (TPSA) is 41.1 Å². The lowest BCUT2D eigenvalue weighted by atomic mass is 9.89. The van der Waals surface area contributed by atoms with Gasteiger partial charge in [0.2, 0.25) is 5.91 Å². The molecule has 19 heavy (non-hydrogen) atoms. The zero-order valence-electron chi connectivity index (χ0n) is 11.5. The number of piperidine rings is 1. The summed E-state index contributed by atoms with van der Waals surface area (Å²) < 4.78 is 1.05. The molecule has 104 valence electrons. The molecule has 4 heteroatoms. The molecule has 2 rings (SSSR count). The van der Waals surface area contributed by atoms with Crippen molar-refractivity contribution in [3.63, 3.8) is 0 Å². The van der Waals surface area contributed by atoms with Crippen molar-refractivity contribution < 1.29 is 4.79 Å². The van der Waals surface area contributed by atoms with E-state index in [2.05, 4.69) is 26.6 Å². The van der Waals surface area contributed by atoms with Crippen molar-refractivity contribution in [2.45, 2.75) is 44.7 Å². The van der Waals surface area contributed by atoms with E-state index in [1.54, 1.807) is 0 Å². The maximum absolute atomic E-state index is 12.4. The van der Waals surface area contributed by atoms with Crippen molar-refractivity contribution >= 4 is 21.8 Å². The summed E-state index contributed by atoms with van der Waals surface area (Å²) in [5.41, 5.74) is 0.706. The lowest BCUT2D eigenvalue weighted by Gasteiger charge is -2.34. The second kappa shape index (κ2) is 6.06. The fourth-order valence-electron chi connectivity index (χ4n) is 2.44. The van der Waals surface area contributed by atoms with Gasteiger partial charge in [0.15, 0.2) is 0 Å². The minimum absolute atomic E-state index is 0.0288. The van der Waals surface area contributed by atoms with Crippen LogP contribution in [0.1, 0.15) is 44.7 Å². The second-order valence-corrected chi connectivity index (χ2v) is 6.38. The Morgan fingerprint density at radius 2 is 2.05 bits per heavy atom. The molecular weight excluding hydrogens is 304 g/mol. The molecule has 0 aliphatic carbocycles. The van der Waals surface area contributed by atoms with Crippen molar-refractivity contribution in [3.8, 4) is 0 Å². The van der Waals surface area contributed by atoms with Gasteiger partial charge in [0, 0.05) is 4.47 Å². The first-order valence-corrected chi connectivity index (χ1v) is 7.62. The lowest BCUT2D eigenvalue weighted by Crippen LogP contribution is -2.57. The van der Waals surface area contributed by atoms with Gasteiger partial charge in [0.1, 0.15) is 0 Å². The normalized spacial score (nSPS) is 24.8. The van der Waals surface area contributed by atoms with Crippen LogP contribution in [0.25, 0.3) is 0 Å². The van der Waals surface area contributed by atoms with E-state index in [-0.39, 0.29) is 11.9 Å². The van der Waals surface area contributed by atoms with E-state index in [0.717, 1.165) is 35.8 Å². The van der Waals surface area contributed by atoms with Crippen LogP contribution < -0.4 is 10.6 Å². The van der Waals surface area contributed by atoms with Gasteiger partial charge < -0.3 is 10.6 Å². The molecule has 1 fully saturated rings. The van der Waals surface area contributed by atoms with E-state index in [1.165, 1.54) is 0 Å². The molecule has 0 spiro atoms. The number of carbonyl (C=O) groups is 1. The Labute approximate surface area is 123 Å². The molecule has 0 radical (unpaired) electrons. The molecule has 0 saturated carbocycles. The van der Waals surface area contributed by atoms with Crippen molar-refractivity contribution in [3.05, 3.63) is 34.3 Å². The number of halogens is 1. The summed E-state index contributed by atoms with van der Waals surface area (Å²) in [6.07, 6.45) is 3.18. The monoisotopic (exact) mass is 324 g/mol. The number of hydrogen-bond acceptors (Lipinski definition) is 2. The zero-order valence-corrected chi connectivity index (χ0v) is 13.1. The average Bonchev–Trinajstić information content (AvgIpc) is 2.40. The van der Waals surface area contributed by atoms with E-state index in [1.807, 2.05) is 38.1 Å². The summed E-state index contributed by atoms with van der Waals surface area (Å²) in [7, 11) is 0. The van der Waals surface area contributed by atoms with Crippen LogP contribution in [0.15, 0.2) is 28.7 Å². The van der Waals surface area contributed by atoms with Crippen molar-refractivity contribution in [2.24, 2.45) is 0 Å². The summed E-state index contributed by atoms with van der Waals surface area (Å²) in [5.74, 6) is 0.0996. The molecule has 1 aromatic rings. The molecule has 0 bridgehead atoms. The van der Waals surface area contributed by atoms with Crippen molar-refractivity contribution in [1.82, 2.24) is 10.6 Å². The zero-order chi connectivity index (χ0) is 13.9. The Morgan fingerprint density at radius 1 is 1.37 bits per heavy atom. The quantitative estimate of drug-likeness (QED) is 0.896. The predicted molar refractivity (Wildman–Crippen MR) is 81.0 cm³/mol. The lowest BCUT2D eigenvalue weighted by molar-refractivity contribution is -0.128. The molecule has 1 saturated heterocycles. The van der Waals surface area contributed by atoms with Crippen LogP contribution in [-0.4, -0.2) is 18.0 Å². The minimum Gasteiger partial charge on any atom is -0.348 e. The molecule has 1 aliphatic rings. The van der Waals surface area contributed by atoms with Crippen LogP contribution in [-0.2, 0) is 4.79 Å². The number of carbonyl (C=O) groups excluding carboxylic acids is 1. The summed E-state index contributed by atoms with van der Waals surface area (Å²) in [6, 6.07) is 8.09. The molecule has 3 nitrogen and oxygen atoms in total. The molecule has 1 unspecified atom stereocenters. The minimum atomic E-state index is -0.415. The highest BCUT2D eigenvalue weighted by Gasteiger charge is 2.34. The molecule has 1 amide bonds. The van der Waals surface area contributed by atoms with Gasteiger partial charge in [-0.3, -0.25) is 4.79 Å². The van der Waals surface area contributed by atoms with Gasteiger partial charge >= 0.3 is 0 Å². The van der Waals surface area contributed by atoms with E-state index < -0.39 is 5.54 Å². The Kier molecular flexibility index (Phi) is 4.63. The molecule has 2 atom stereocenters. The maximum Gasteiger partial charge on any atom is 0.240 e. The standard InChI is InChI=1S/C15H21BrN2O/c1-11(12-5-7-13(16)8-6-12)18-14(19)15(2)9-3-4-10-17-15/h5-8,11,17H,3-4,9-10H2,1-2H3,(H,18,19)/t11-,15?/m0/s1. The van der Waals surface area contributed by atoms with Crippen LogP contribution >= 0.6 is 15.9 Å². The first kappa shape index (κ1) is 14.5. The number of nitrogens with one attached hydrogen (secondary N) is 2. The SMILES string of the molecule is C[C@H](NC(=O)C1(C)CCCCN1)c1ccc(Br)cc1. The Hall–Kier alpha value is -0.870. The predicted octanol–water partition coefficient (Wildman–Crippen LogP) is 3.16. The largest absolute Gasteiger partial charge is 0.348 e. The third kappa shape index (κ3) is 3.57.